The molecular formula is C18H31NS. The monoisotopic (exact) mass is 293 g/mol. The van der Waals surface area contributed by atoms with Crippen molar-refractivity contribution < 1.29 is 0 Å². The fourth-order valence-electron chi connectivity index (χ4n) is 2.42. The predicted molar refractivity (Wildman–Crippen MR) is 93.7 cm³/mol. The Morgan fingerprint density at radius 1 is 1.00 bits per heavy atom. The zero-order valence-corrected chi connectivity index (χ0v) is 14.9. The highest BCUT2D eigenvalue weighted by Crippen LogP contribution is 2.29. The van der Waals surface area contributed by atoms with Crippen LogP contribution in [0.3, 0.4) is 0 Å². The maximum Gasteiger partial charge on any atom is 0.0276 e. The van der Waals surface area contributed by atoms with E-state index in [1.54, 1.807) is 0 Å². The molecule has 0 saturated heterocycles. The molecule has 20 heavy (non-hydrogen) atoms. The summed E-state index contributed by atoms with van der Waals surface area (Å²) in [4.78, 5) is 0. The Bertz CT molecular complexity index is 377. The van der Waals surface area contributed by atoms with E-state index in [9.17, 15) is 0 Å². The SMILES string of the molecule is CCC(CC)(CNCc1ccc(C(C)(C)C)cc1)SC. The van der Waals surface area contributed by atoms with Gasteiger partial charge in [-0.3, -0.25) is 0 Å². The number of benzene rings is 1. The Kier molecular flexibility index (Phi) is 6.60. The van der Waals surface area contributed by atoms with Crippen molar-refractivity contribution in [2.75, 3.05) is 12.8 Å². The maximum absolute atomic E-state index is 3.63. The Labute approximate surface area is 129 Å². The summed E-state index contributed by atoms with van der Waals surface area (Å²) >= 11 is 2.00. The summed E-state index contributed by atoms with van der Waals surface area (Å²) in [7, 11) is 0. The molecule has 1 rings (SSSR count). The van der Waals surface area contributed by atoms with Gasteiger partial charge in [-0.05, 0) is 35.6 Å². The summed E-state index contributed by atoms with van der Waals surface area (Å²) in [6.45, 7) is 13.4. The van der Waals surface area contributed by atoms with Crippen molar-refractivity contribution >= 4 is 11.8 Å². The smallest absolute Gasteiger partial charge is 0.0276 e. The van der Waals surface area contributed by atoms with E-state index in [-0.39, 0.29) is 5.41 Å². The Hall–Kier alpha value is -0.470. The van der Waals surface area contributed by atoms with Gasteiger partial charge < -0.3 is 5.32 Å². The molecule has 2 heteroatoms. The van der Waals surface area contributed by atoms with Crippen molar-refractivity contribution in [3.05, 3.63) is 35.4 Å². The molecule has 0 amide bonds. The Morgan fingerprint density at radius 2 is 1.55 bits per heavy atom. The van der Waals surface area contributed by atoms with Gasteiger partial charge in [0.2, 0.25) is 0 Å². The molecule has 0 aromatic heterocycles. The first-order chi connectivity index (χ1) is 9.37. The third-order valence-corrected chi connectivity index (χ3v) is 5.91. The maximum atomic E-state index is 3.63. The number of thioether (sulfide) groups is 1. The van der Waals surface area contributed by atoms with Gasteiger partial charge in [0.25, 0.3) is 0 Å². The molecule has 0 unspecified atom stereocenters. The second kappa shape index (κ2) is 7.51. The van der Waals surface area contributed by atoms with Gasteiger partial charge in [-0.25, -0.2) is 0 Å². The molecule has 0 saturated carbocycles. The van der Waals surface area contributed by atoms with E-state index in [4.69, 9.17) is 0 Å². The van der Waals surface area contributed by atoms with E-state index in [0.717, 1.165) is 13.1 Å². The largest absolute Gasteiger partial charge is 0.311 e. The summed E-state index contributed by atoms with van der Waals surface area (Å²) in [6, 6.07) is 9.04. The van der Waals surface area contributed by atoms with Gasteiger partial charge in [0, 0.05) is 17.8 Å². The van der Waals surface area contributed by atoms with Crippen LogP contribution in [0, 0.1) is 0 Å². The van der Waals surface area contributed by atoms with E-state index < -0.39 is 0 Å². The zero-order chi connectivity index (χ0) is 15.2. The fraction of sp³-hybridized carbons (Fsp3) is 0.667. The lowest BCUT2D eigenvalue weighted by molar-refractivity contribution is 0.495. The molecule has 0 heterocycles. The van der Waals surface area contributed by atoms with E-state index in [2.05, 4.69) is 70.5 Å². The summed E-state index contributed by atoms with van der Waals surface area (Å²) in [6.07, 6.45) is 4.67. The third-order valence-electron chi connectivity index (χ3n) is 4.32. The molecule has 1 aromatic carbocycles. The number of hydrogen-bond acceptors (Lipinski definition) is 2. The van der Waals surface area contributed by atoms with Gasteiger partial charge >= 0.3 is 0 Å². The lowest BCUT2D eigenvalue weighted by Gasteiger charge is -2.30. The minimum atomic E-state index is 0.240. The molecule has 0 atom stereocenters. The average molecular weight is 294 g/mol. The van der Waals surface area contributed by atoms with Crippen LogP contribution in [0.4, 0.5) is 0 Å². The fourth-order valence-corrected chi connectivity index (χ4v) is 3.24. The molecule has 0 aliphatic carbocycles. The summed E-state index contributed by atoms with van der Waals surface area (Å²) in [5, 5.41) is 3.63. The third kappa shape index (κ3) is 4.82. The first-order valence-corrected chi connectivity index (χ1v) is 8.94. The summed E-state index contributed by atoms with van der Waals surface area (Å²) in [5.41, 5.74) is 3.02. The van der Waals surface area contributed by atoms with Crippen LogP contribution in [0.2, 0.25) is 0 Å². The lowest BCUT2D eigenvalue weighted by Crippen LogP contribution is -2.36. The van der Waals surface area contributed by atoms with Gasteiger partial charge in [0.1, 0.15) is 0 Å². The quantitative estimate of drug-likeness (QED) is 0.759. The van der Waals surface area contributed by atoms with E-state index in [1.807, 2.05) is 11.8 Å². The summed E-state index contributed by atoms with van der Waals surface area (Å²) in [5.74, 6) is 0. The van der Waals surface area contributed by atoms with Crippen molar-refractivity contribution in [1.82, 2.24) is 5.32 Å². The van der Waals surface area contributed by atoms with E-state index >= 15 is 0 Å². The molecule has 0 spiro atoms. The summed E-state index contributed by atoms with van der Waals surface area (Å²) < 4.78 is 0.394. The van der Waals surface area contributed by atoms with Gasteiger partial charge in [0.15, 0.2) is 0 Å². The molecule has 114 valence electrons. The first-order valence-electron chi connectivity index (χ1n) is 7.72. The minimum Gasteiger partial charge on any atom is -0.311 e. The van der Waals surface area contributed by atoms with Gasteiger partial charge in [-0.1, -0.05) is 58.9 Å². The van der Waals surface area contributed by atoms with Crippen molar-refractivity contribution in [3.8, 4) is 0 Å². The van der Waals surface area contributed by atoms with Crippen LogP contribution in [-0.2, 0) is 12.0 Å². The highest BCUT2D eigenvalue weighted by Gasteiger charge is 2.23. The molecule has 0 aliphatic heterocycles. The normalized spacial score (nSPS) is 12.7. The molecule has 0 aliphatic rings. The van der Waals surface area contributed by atoms with Crippen LogP contribution in [-0.4, -0.2) is 17.5 Å². The molecule has 1 N–H and O–H groups in total. The lowest BCUT2D eigenvalue weighted by atomic mass is 9.87. The van der Waals surface area contributed by atoms with E-state index in [1.165, 1.54) is 24.0 Å². The molecule has 0 fully saturated rings. The second-order valence-electron chi connectivity index (χ2n) is 6.64. The Balaban J connectivity index is 2.54. The van der Waals surface area contributed by atoms with Crippen LogP contribution in [0.5, 0.6) is 0 Å². The van der Waals surface area contributed by atoms with Crippen LogP contribution in [0.25, 0.3) is 0 Å². The standard InChI is InChI=1S/C18H31NS/c1-7-18(8-2,20-6)14-19-13-15-9-11-16(12-10-15)17(3,4)5/h9-12,19H,7-8,13-14H2,1-6H3. The van der Waals surface area contributed by atoms with Gasteiger partial charge in [0.05, 0.1) is 0 Å². The molecule has 1 nitrogen and oxygen atoms in total. The molecule has 1 aromatic rings. The molecule has 0 radical (unpaired) electrons. The first kappa shape index (κ1) is 17.6. The Morgan fingerprint density at radius 3 is 1.95 bits per heavy atom. The van der Waals surface area contributed by atoms with E-state index in [0.29, 0.717) is 4.75 Å². The molecular weight excluding hydrogens is 262 g/mol. The van der Waals surface area contributed by atoms with Crippen LogP contribution in [0.15, 0.2) is 24.3 Å². The number of nitrogens with one attached hydrogen (secondary N) is 1. The minimum absolute atomic E-state index is 0.240. The van der Waals surface area contributed by atoms with Gasteiger partial charge in [-0.2, -0.15) is 11.8 Å². The molecule has 0 bridgehead atoms. The topological polar surface area (TPSA) is 12.0 Å². The van der Waals surface area contributed by atoms with Crippen molar-refractivity contribution in [2.24, 2.45) is 0 Å². The van der Waals surface area contributed by atoms with Crippen LogP contribution < -0.4 is 5.32 Å². The zero-order valence-electron chi connectivity index (χ0n) is 14.0. The van der Waals surface area contributed by atoms with Gasteiger partial charge in [-0.15, -0.1) is 0 Å². The van der Waals surface area contributed by atoms with Crippen molar-refractivity contribution in [1.29, 1.82) is 0 Å². The highest BCUT2D eigenvalue weighted by atomic mass is 32.2. The van der Waals surface area contributed by atoms with Crippen molar-refractivity contribution in [2.45, 2.75) is 64.2 Å². The number of hydrogen-bond donors (Lipinski definition) is 1. The number of rotatable bonds is 7. The second-order valence-corrected chi connectivity index (χ2v) is 7.92. The van der Waals surface area contributed by atoms with Crippen LogP contribution in [0.1, 0.15) is 58.6 Å². The predicted octanol–water partition coefficient (Wildman–Crippen LogP) is 5.00. The average Bonchev–Trinajstić information content (AvgIpc) is 2.44. The van der Waals surface area contributed by atoms with Crippen LogP contribution >= 0.6 is 11.8 Å². The highest BCUT2D eigenvalue weighted by molar-refractivity contribution is 8.00. The van der Waals surface area contributed by atoms with Crippen molar-refractivity contribution in [3.63, 3.8) is 0 Å².